The van der Waals surface area contributed by atoms with Gasteiger partial charge in [-0.2, -0.15) is 0 Å². The number of nitrogens with zero attached hydrogens (tertiary/aromatic N) is 1. The van der Waals surface area contributed by atoms with Gasteiger partial charge in [-0.3, -0.25) is 4.79 Å². The average molecular weight is 381 g/mol. The van der Waals surface area contributed by atoms with Crippen molar-refractivity contribution < 1.29 is 13.9 Å². The molecule has 1 N–H and O–H groups in total. The Labute approximate surface area is 144 Å². The van der Waals surface area contributed by atoms with Crippen LogP contribution in [0.2, 0.25) is 0 Å². The molecular weight excluding hydrogens is 360 g/mol. The zero-order valence-electron chi connectivity index (χ0n) is 13.6. The predicted octanol–water partition coefficient (Wildman–Crippen LogP) is 2.95. The van der Waals surface area contributed by atoms with Gasteiger partial charge < -0.3 is 19.4 Å². The first-order valence-electron chi connectivity index (χ1n) is 7.75. The molecule has 2 atom stereocenters. The van der Waals surface area contributed by atoms with Crippen LogP contribution < -0.4 is 5.32 Å². The van der Waals surface area contributed by atoms with E-state index in [9.17, 15) is 4.79 Å². The molecule has 2 heterocycles. The van der Waals surface area contributed by atoms with Crippen molar-refractivity contribution in [3.05, 3.63) is 34.0 Å². The number of carbonyl (C=O) groups excluding carboxylic acids is 1. The van der Waals surface area contributed by atoms with Crippen molar-refractivity contribution >= 4 is 32.8 Å². The van der Waals surface area contributed by atoms with E-state index in [1.807, 2.05) is 32.0 Å². The monoisotopic (exact) mass is 380 g/mol. The second-order valence-electron chi connectivity index (χ2n) is 6.13. The Bertz CT molecular complexity index is 728. The maximum atomic E-state index is 12.6. The van der Waals surface area contributed by atoms with Crippen LogP contribution in [0.1, 0.15) is 23.0 Å². The summed E-state index contributed by atoms with van der Waals surface area (Å²) in [5.74, 6) is 0.174. The van der Waals surface area contributed by atoms with Gasteiger partial charge in [-0.15, -0.1) is 0 Å². The Morgan fingerprint density at radius 3 is 3.00 bits per heavy atom. The van der Waals surface area contributed by atoms with Crippen molar-refractivity contribution in [3.8, 4) is 0 Å². The molecule has 23 heavy (non-hydrogen) atoms. The first-order valence-corrected chi connectivity index (χ1v) is 8.54. The van der Waals surface area contributed by atoms with Gasteiger partial charge in [-0.05, 0) is 39.1 Å². The Morgan fingerprint density at radius 1 is 1.48 bits per heavy atom. The average Bonchev–Trinajstić information content (AvgIpc) is 2.84. The molecule has 5 nitrogen and oxygen atoms in total. The van der Waals surface area contributed by atoms with E-state index in [2.05, 4.69) is 33.2 Å². The summed E-state index contributed by atoms with van der Waals surface area (Å²) in [7, 11) is 2.06. The van der Waals surface area contributed by atoms with Crippen LogP contribution in [0.4, 0.5) is 0 Å². The molecule has 0 spiro atoms. The van der Waals surface area contributed by atoms with Crippen LogP contribution in [0.25, 0.3) is 11.0 Å². The number of benzene rings is 1. The lowest BCUT2D eigenvalue weighted by Crippen LogP contribution is -2.51. The number of carbonyl (C=O) groups is 1. The van der Waals surface area contributed by atoms with Crippen molar-refractivity contribution in [2.75, 3.05) is 26.7 Å². The molecule has 2 aromatic rings. The molecule has 6 heteroatoms. The first-order chi connectivity index (χ1) is 11.0. The highest BCUT2D eigenvalue weighted by atomic mass is 79.9. The largest absolute Gasteiger partial charge is 0.451 e. The third-order valence-electron chi connectivity index (χ3n) is 4.32. The zero-order chi connectivity index (χ0) is 16.6. The molecule has 1 aromatic heterocycles. The van der Waals surface area contributed by atoms with Gasteiger partial charge in [0.25, 0.3) is 5.91 Å². The molecule has 1 aromatic carbocycles. The number of aryl methyl sites for hydroxylation is 1. The minimum absolute atomic E-state index is 0.00321. The van der Waals surface area contributed by atoms with E-state index in [1.165, 1.54) is 0 Å². The standard InChI is InChI=1S/C17H21BrN2O3/c1-10-13-8-12(18)4-5-14(13)23-16(10)17(21)19-11(2)15-9-20(3)6-7-22-15/h4-5,8,11,15H,6-7,9H2,1-3H3,(H,19,21)/t11-,15-/m1/s1. The smallest absolute Gasteiger partial charge is 0.287 e. The molecule has 0 bridgehead atoms. The molecular formula is C17H21BrN2O3. The van der Waals surface area contributed by atoms with Crippen LogP contribution in [0.5, 0.6) is 0 Å². The van der Waals surface area contributed by atoms with E-state index in [0.717, 1.165) is 34.1 Å². The van der Waals surface area contributed by atoms with Crippen LogP contribution in [0.3, 0.4) is 0 Å². The van der Waals surface area contributed by atoms with E-state index >= 15 is 0 Å². The van der Waals surface area contributed by atoms with E-state index in [4.69, 9.17) is 9.15 Å². The Morgan fingerprint density at radius 2 is 2.26 bits per heavy atom. The van der Waals surface area contributed by atoms with Crippen LogP contribution in [0.15, 0.2) is 27.1 Å². The Balaban J connectivity index is 1.76. The van der Waals surface area contributed by atoms with E-state index in [0.29, 0.717) is 12.4 Å². The molecule has 1 amide bonds. The van der Waals surface area contributed by atoms with Crippen LogP contribution in [-0.4, -0.2) is 49.7 Å². The lowest BCUT2D eigenvalue weighted by Gasteiger charge is -2.33. The number of ether oxygens (including phenoxy) is 1. The van der Waals surface area contributed by atoms with E-state index in [1.54, 1.807) is 0 Å². The number of nitrogens with one attached hydrogen (secondary N) is 1. The summed E-state index contributed by atoms with van der Waals surface area (Å²) in [6.45, 7) is 6.31. The summed E-state index contributed by atoms with van der Waals surface area (Å²) in [6.07, 6.45) is -0.00321. The normalized spacial score (nSPS) is 20.6. The topological polar surface area (TPSA) is 54.7 Å². The van der Waals surface area contributed by atoms with Gasteiger partial charge in [0, 0.05) is 28.5 Å². The van der Waals surface area contributed by atoms with Gasteiger partial charge in [-0.25, -0.2) is 0 Å². The fourth-order valence-electron chi connectivity index (χ4n) is 2.89. The molecule has 3 rings (SSSR count). The second kappa shape index (κ2) is 6.63. The second-order valence-corrected chi connectivity index (χ2v) is 7.05. The van der Waals surface area contributed by atoms with Crippen molar-refractivity contribution in [2.45, 2.75) is 26.0 Å². The third kappa shape index (κ3) is 3.44. The summed E-state index contributed by atoms with van der Waals surface area (Å²) < 4.78 is 12.5. The van der Waals surface area contributed by atoms with Crippen molar-refractivity contribution in [2.24, 2.45) is 0 Å². The number of amides is 1. The fraction of sp³-hybridized carbons (Fsp3) is 0.471. The van der Waals surface area contributed by atoms with Gasteiger partial charge in [0.15, 0.2) is 5.76 Å². The number of rotatable bonds is 3. The number of likely N-dealkylation sites (N-methyl/N-ethyl adjacent to an activating group) is 1. The summed E-state index contributed by atoms with van der Waals surface area (Å²) in [5, 5.41) is 3.96. The maximum Gasteiger partial charge on any atom is 0.287 e. The molecule has 0 aliphatic carbocycles. The zero-order valence-corrected chi connectivity index (χ0v) is 15.1. The highest BCUT2D eigenvalue weighted by molar-refractivity contribution is 9.10. The van der Waals surface area contributed by atoms with Crippen molar-refractivity contribution in [3.63, 3.8) is 0 Å². The highest BCUT2D eigenvalue weighted by Gasteiger charge is 2.27. The number of hydrogen-bond acceptors (Lipinski definition) is 4. The molecule has 0 saturated carbocycles. The number of fused-ring (bicyclic) bond motifs is 1. The van der Waals surface area contributed by atoms with Gasteiger partial charge in [0.05, 0.1) is 18.8 Å². The summed E-state index contributed by atoms with van der Waals surface area (Å²) in [4.78, 5) is 14.8. The minimum Gasteiger partial charge on any atom is -0.451 e. The molecule has 1 fully saturated rings. The third-order valence-corrected chi connectivity index (χ3v) is 4.81. The van der Waals surface area contributed by atoms with Crippen molar-refractivity contribution in [1.82, 2.24) is 10.2 Å². The predicted molar refractivity (Wildman–Crippen MR) is 92.8 cm³/mol. The van der Waals surface area contributed by atoms with Crippen molar-refractivity contribution in [1.29, 1.82) is 0 Å². The number of halogens is 1. The Kier molecular flexibility index (Phi) is 4.75. The molecule has 0 radical (unpaired) electrons. The molecule has 124 valence electrons. The van der Waals surface area contributed by atoms with Gasteiger partial charge in [0.2, 0.25) is 0 Å². The van der Waals surface area contributed by atoms with Crippen LogP contribution in [-0.2, 0) is 4.74 Å². The SMILES string of the molecule is Cc1c(C(=O)N[C@H](C)[C@H]2CN(C)CCO2)oc2ccc(Br)cc12. The lowest BCUT2D eigenvalue weighted by atomic mass is 10.1. The minimum atomic E-state index is -0.195. The van der Waals surface area contributed by atoms with E-state index in [-0.39, 0.29) is 18.1 Å². The fourth-order valence-corrected chi connectivity index (χ4v) is 3.25. The molecule has 1 aliphatic rings. The first kappa shape index (κ1) is 16.5. The quantitative estimate of drug-likeness (QED) is 0.889. The van der Waals surface area contributed by atoms with Gasteiger partial charge >= 0.3 is 0 Å². The van der Waals surface area contributed by atoms with Gasteiger partial charge in [0.1, 0.15) is 5.58 Å². The maximum absolute atomic E-state index is 12.6. The Hall–Kier alpha value is -1.37. The molecule has 1 saturated heterocycles. The van der Waals surface area contributed by atoms with Gasteiger partial charge in [-0.1, -0.05) is 15.9 Å². The highest BCUT2D eigenvalue weighted by Crippen LogP contribution is 2.28. The number of furan rings is 1. The molecule has 1 aliphatic heterocycles. The number of hydrogen-bond donors (Lipinski definition) is 1. The molecule has 0 unspecified atom stereocenters. The van der Waals surface area contributed by atoms with Crippen LogP contribution >= 0.6 is 15.9 Å². The summed E-state index contributed by atoms with van der Waals surface area (Å²) >= 11 is 3.45. The lowest BCUT2D eigenvalue weighted by molar-refractivity contribution is -0.0343. The number of morpholine rings is 1. The summed E-state index contributed by atoms with van der Waals surface area (Å²) in [6, 6.07) is 5.66. The van der Waals surface area contributed by atoms with Crippen LogP contribution in [0, 0.1) is 6.92 Å². The van der Waals surface area contributed by atoms with E-state index < -0.39 is 0 Å². The summed E-state index contributed by atoms with van der Waals surface area (Å²) in [5.41, 5.74) is 1.57.